The fraction of sp³-hybridized carbons (Fsp3) is 0.118. The second-order valence-electron chi connectivity index (χ2n) is 5.03. The van der Waals surface area contributed by atoms with Crippen molar-refractivity contribution in [3.63, 3.8) is 0 Å². The summed E-state index contributed by atoms with van der Waals surface area (Å²) in [5.74, 6) is -0.784. The van der Waals surface area contributed by atoms with Crippen LogP contribution in [-0.2, 0) is 11.8 Å². The number of hydrogen-bond donors (Lipinski definition) is 1. The number of amides is 1. The second kappa shape index (κ2) is 6.67. The molecule has 6 nitrogen and oxygen atoms in total. The van der Waals surface area contributed by atoms with Crippen LogP contribution >= 0.6 is 11.3 Å². The van der Waals surface area contributed by atoms with Crippen LogP contribution in [0.5, 0.6) is 0 Å². The lowest BCUT2D eigenvalue weighted by atomic mass is 10.1. The predicted molar refractivity (Wildman–Crippen MR) is 91.6 cm³/mol. The standard InChI is InChI=1S/C17H15N3O3S/c1-20-13-5-3-4-6-14(13)24-17(20)19-18-15(21)11-7-9-12(10-8-11)16(22)23-2/h3-10H,1-2H3,(H,18,21)/b19-17-. The monoisotopic (exact) mass is 341 g/mol. The minimum absolute atomic E-state index is 0.344. The Hall–Kier alpha value is -2.93. The minimum atomic E-state index is -0.441. The molecule has 0 saturated carbocycles. The van der Waals surface area contributed by atoms with Crippen molar-refractivity contribution in [1.29, 1.82) is 0 Å². The quantitative estimate of drug-likeness (QED) is 0.587. The Morgan fingerprint density at radius 3 is 2.42 bits per heavy atom. The van der Waals surface area contributed by atoms with Gasteiger partial charge in [0.1, 0.15) is 0 Å². The van der Waals surface area contributed by atoms with Crippen molar-refractivity contribution in [3.05, 3.63) is 64.5 Å². The van der Waals surface area contributed by atoms with Gasteiger partial charge in [0.2, 0.25) is 4.80 Å². The maximum atomic E-state index is 12.2. The molecule has 3 aromatic rings. The summed E-state index contributed by atoms with van der Waals surface area (Å²) < 4.78 is 7.63. The first-order valence-corrected chi connectivity index (χ1v) is 7.99. The second-order valence-corrected chi connectivity index (χ2v) is 6.04. The maximum absolute atomic E-state index is 12.2. The summed E-state index contributed by atoms with van der Waals surface area (Å²) in [7, 11) is 3.21. The van der Waals surface area contributed by atoms with E-state index in [1.54, 1.807) is 24.3 Å². The first-order valence-electron chi connectivity index (χ1n) is 7.17. The summed E-state index contributed by atoms with van der Waals surface area (Å²) >= 11 is 1.49. The molecule has 1 N–H and O–H groups in total. The Labute approximate surface area is 142 Å². The number of fused-ring (bicyclic) bond motifs is 1. The SMILES string of the molecule is COC(=O)c1ccc(C(=O)N/N=c2\sc3ccccc3n2C)cc1. The number of ether oxygens (including phenoxy) is 1. The molecule has 1 heterocycles. The zero-order valence-corrected chi connectivity index (χ0v) is 14.0. The molecule has 0 aliphatic carbocycles. The van der Waals surface area contributed by atoms with E-state index in [1.165, 1.54) is 18.4 Å². The Morgan fingerprint density at radius 2 is 1.75 bits per heavy atom. The van der Waals surface area contributed by atoms with Crippen LogP contribution in [0.4, 0.5) is 0 Å². The van der Waals surface area contributed by atoms with Crippen LogP contribution in [0.25, 0.3) is 10.2 Å². The molecular formula is C17H15N3O3S. The Balaban J connectivity index is 1.81. The number of carbonyl (C=O) groups is 2. The summed E-state index contributed by atoms with van der Waals surface area (Å²) in [5, 5.41) is 4.18. The molecule has 0 spiro atoms. The molecule has 0 fully saturated rings. The third kappa shape index (κ3) is 3.07. The van der Waals surface area contributed by atoms with Gasteiger partial charge in [-0.15, -0.1) is 5.10 Å². The molecule has 24 heavy (non-hydrogen) atoms. The molecule has 7 heteroatoms. The molecule has 3 rings (SSSR count). The molecule has 1 aromatic heterocycles. The van der Waals surface area contributed by atoms with Crippen molar-refractivity contribution in [2.45, 2.75) is 0 Å². The van der Waals surface area contributed by atoms with E-state index >= 15 is 0 Å². The van der Waals surface area contributed by atoms with Gasteiger partial charge < -0.3 is 9.30 Å². The summed E-state index contributed by atoms with van der Waals surface area (Å²) in [5.41, 5.74) is 4.40. The van der Waals surface area contributed by atoms with Crippen molar-refractivity contribution >= 4 is 33.4 Å². The van der Waals surface area contributed by atoms with Gasteiger partial charge in [-0.3, -0.25) is 4.79 Å². The van der Waals surface area contributed by atoms with E-state index in [0.717, 1.165) is 10.2 Å². The maximum Gasteiger partial charge on any atom is 0.337 e. The van der Waals surface area contributed by atoms with E-state index in [0.29, 0.717) is 15.9 Å². The van der Waals surface area contributed by atoms with Gasteiger partial charge in [0.25, 0.3) is 5.91 Å². The van der Waals surface area contributed by atoms with Gasteiger partial charge in [0.05, 0.1) is 22.9 Å². The lowest BCUT2D eigenvalue weighted by molar-refractivity contribution is 0.0600. The number of benzene rings is 2. The smallest absolute Gasteiger partial charge is 0.337 e. The van der Waals surface area contributed by atoms with E-state index in [-0.39, 0.29) is 5.91 Å². The van der Waals surface area contributed by atoms with Crippen LogP contribution < -0.4 is 10.2 Å². The van der Waals surface area contributed by atoms with Gasteiger partial charge in [-0.2, -0.15) is 0 Å². The third-order valence-corrected chi connectivity index (χ3v) is 4.65. The number of rotatable bonds is 3. The highest BCUT2D eigenvalue weighted by Gasteiger charge is 2.09. The fourth-order valence-electron chi connectivity index (χ4n) is 2.23. The molecule has 0 aliphatic rings. The Kier molecular flexibility index (Phi) is 4.43. The highest BCUT2D eigenvalue weighted by atomic mass is 32.1. The van der Waals surface area contributed by atoms with E-state index in [1.807, 2.05) is 35.9 Å². The molecule has 0 atom stereocenters. The van der Waals surface area contributed by atoms with Gasteiger partial charge in [0, 0.05) is 12.6 Å². The summed E-state index contributed by atoms with van der Waals surface area (Å²) in [6.07, 6.45) is 0. The number of hydrogen-bond acceptors (Lipinski definition) is 5. The van der Waals surface area contributed by atoms with Gasteiger partial charge in [-0.05, 0) is 36.4 Å². The molecule has 122 valence electrons. The van der Waals surface area contributed by atoms with Crippen LogP contribution in [0.3, 0.4) is 0 Å². The van der Waals surface area contributed by atoms with Gasteiger partial charge in [-0.1, -0.05) is 23.5 Å². The number of nitrogens with zero attached hydrogens (tertiary/aromatic N) is 2. The zero-order chi connectivity index (χ0) is 17.1. The van der Waals surface area contributed by atoms with Crippen molar-refractivity contribution in [2.75, 3.05) is 7.11 Å². The van der Waals surface area contributed by atoms with Crippen molar-refractivity contribution in [1.82, 2.24) is 9.99 Å². The van der Waals surface area contributed by atoms with E-state index in [4.69, 9.17) is 0 Å². The molecule has 0 radical (unpaired) electrons. The average molecular weight is 341 g/mol. The van der Waals surface area contributed by atoms with Crippen LogP contribution in [-0.4, -0.2) is 23.6 Å². The number of para-hydroxylation sites is 1. The molecular weight excluding hydrogens is 326 g/mol. The highest BCUT2D eigenvalue weighted by Crippen LogP contribution is 2.15. The molecule has 0 saturated heterocycles. The number of nitrogens with one attached hydrogen (secondary N) is 1. The van der Waals surface area contributed by atoms with Gasteiger partial charge in [-0.25, -0.2) is 10.2 Å². The lowest BCUT2D eigenvalue weighted by Gasteiger charge is -2.02. The van der Waals surface area contributed by atoms with Crippen molar-refractivity contribution in [3.8, 4) is 0 Å². The molecule has 0 unspecified atom stereocenters. The zero-order valence-electron chi connectivity index (χ0n) is 13.1. The van der Waals surface area contributed by atoms with E-state index in [9.17, 15) is 9.59 Å². The van der Waals surface area contributed by atoms with Crippen molar-refractivity contribution in [2.24, 2.45) is 12.1 Å². The third-order valence-electron chi connectivity index (χ3n) is 3.54. The van der Waals surface area contributed by atoms with Crippen LogP contribution in [0.15, 0.2) is 53.6 Å². The summed E-state index contributed by atoms with van der Waals surface area (Å²) in [6, 6.07) is 14.1. The first-order chi connectivity index (χ1) is 11.6. The topological polar surface area (TPSA) is 72.7 Å². The van der Waals surface area contributed by atoms with Gasteiger partial charge >= 0.3 is 5.97 Å². The Morgan fingerprint density at radius 1 is 1.08 bits per heavy atom. The highest BCUT2D eigenvalue weighted by molar-refractivity contribution is 7.16. The normalized spacial score (nSPS) is 11.5. The summed E-state index contributed by atoms with van der Waals surface area (Å²) in [4.78, 5) is 24.2. The molecule has 1 amide bonds. The number of carbonyl (C=O) groups excluding carboxylic acids is 2. The van der Waals surface area contributed by atoms with Crippen molar-refractivity contribution < 1.29 is 14.3 Å². The van der Waals surface area contributed by atoms with Crippen LogP contribution in [0, 0.1) is 0 Å². The molecule has 2 aromatic carbocycles. The average Bonchev–Trinajstić information content (AvgIpc) is 2.95. The first kappa shape index (κ1) is 15.9. The predicted octanol–water partition coefficient (Wildman–Crippen LogP) is 2.27. The lowest BCUT2D eigenvalue weighted by Crippen LogP contribution is -2.23. The molecule has 0 bridgehead atoms. The number of aryl methyl sites for hydroxylation is 1. The summed E-state index contributed by atoms with van der Waals surface area (Å²) in [6.45, 7) is 0. The van der Waals surface area contributed by atoms with E-state index in [2.05, 4.69) is 15.3 Å². The number of thiazole rings is 1. The molecule has 0 aliphatic heterocycles. The Bertz CT molecular complexity index is 971. The minimum Gasteiger partial charge on any atom is -0.465 e. The van der Waals surface area contributed by atoms with Crippen LogP contribution in [0.2, 0.25) is 0 Å². The number of esters is 1. The van der Waals surface area contributed by atoms with Gasteiger partial charge in [0.15, 0.2) is 0 Å². The van der Waals surface area contributed by atoms with E-state index < -0.39 is 5.97 Å². The van der Waals surface area contributed by atoms with Crippen LogP contribution in [0.1, 0.15) is 20.7 Å². The fourth-order valence-corrected chi connectivity index (χ4v) is 3.21. The largest absolute Gasteiger partial charge is 0.465 e. The number of aromatic nitrogens is 1. The number of methoxy groups -OCH3 is 1.